The van der Waals surface area contributed by atoms with E-state index in [0.717, 1.165) is 37.8 Å². The Labute approximate surface area is 92.5 Å². The van der Waals surface area contributed by atoms with Gasteiger partial charge in [-0.05, 0) is 30.9 Å². The number of hydrogen-bond donors (Lipinski definition) is 1. The van der Waals surface area contributed by atoms with E-state index in [9.17, 15) is 13.2 Å². The number of hydrogen-bond acceptors (Lipinski definition) is 1. The van der Waals surface area contributed by atoms with Crippen LogP contribution in [0.4, 0.5) is 13.2 Å². The smallest absolute Gasteiger partial charge is 0.166 e. The molecule has 0 aliphatic heterocycles. The van der Waals surface area contributed by atoms with Crippen LogP contribution in [0.2, 0.25) is 0 Å². The predicted octanol–water partition coefficient (Wildman–Crippen LogP) is 3.29. The van der Waals surface area contributed by atoms with Crippen LogP contribution in [0.5, 0.6) is 0 Å². The van der Waals surface area contributed by atoms with Gasteiger partial charge in [0.25, 0.3) is 0 Å². The maximum absolute atomic E-state index is 13.5. The van der Waals surface area contributed by atoms with Gasteiger partial charge in [0.1, 0.15) is 5.82 Å². The van der Waals surface area contributed by atoms with E-state index in [4.69, 9.17) is 5.73 Å². The molecule has 88 valence electrons. The summed E-state index contributed by atoms with van der Waals surface area (Å²) >= 11 is 0. The summed E-state index contributed by atoms with van der Waals surface area (Å²) in [7, 11) is 0. The molecule has 0 saturated heterocycles. The standard InChI is InChI=1S/C12H14F3N/c13-8-5-6-9(14)11(15)10(8)12(16)7-3-1-2-4-7/h5-7,12H,1-4,16H2/t12-/m0/s1. The summed E-state index contributed by atoms with van der Waals surface area (Å²) in [5.41, 5.74) is 5.52. The predicted molar refractivity (Wildman–Crippen MR) is 55.2 cm³/mol. The van der Waals surface area contributed by atoms with Gasteiger partial charge in [-0.15, -0.1) is 0 Å². The van der Waals surface area contributed by atoms with Crippen LogP contribution in [-0.4, -0.2) is 0 Å². The zero-order chi connectivity index (χ0) is 11.7. The van der Waals surface area contributed by atoms with Crippen LogP contribution in [0.1, 0.15) is 37.3 Å². The van der Waals surface area contributed by atoms with E-state index in [0.29, 0.717) is 0 Å². The summed E-state index contributed by atoms with van der Waals surface area (Å²) in [5, 5.41) is 0. The van der Waals surface area contributed by atoms with Gasteiger partial charge in [0.2, 0.25) is 0 Å². The summed E-state index contributed by atoms with van der Waals surface area (Å²) in [6.07, 6.45) is 3.76. The Morgan fingerprint density at radius 2 is 1.62 bits per heavy atom. The highest BCUT2D eigenvalue weighted by molar-refractivity contribution is 5.25. The third-order valence-electron chi connectivity index (χ3n) is 3.32. The Morgan fingerprint density at radius 1 is 1.06 bits per heavy atom. The number of benzene rings is 1. The first kappa shape index (κ1) is 11.5. The minimum atomic E-state index is -1.14. The molecule has 0 aromatic heterocycles. The average molecular weight is 229 g/mol. The molecule has 0 amide bonds. The van der Waals surface area contributed by atoms with Crippen molar-refractivity contribution in [3.05, 3.63) is 35.1 Å². The third-order valence-corrected chi connectivity index (χ3v) is 3.32. The van der Waals surface area contributed by atoms with Crippen LogP contribution in [-0.2, 0) is 0 Å². The van der Waals surface area contributed by atoms with Gasteiger partial charge < -0.3 is 5.73 Å². The molecular weight excluding hydrogens is 215 g/mol. The lowest BCUT2D eigenvalue weighted by Crippen LogP contribution is -2.22. The Bertz CT molecular complexity index is 386. The molecule has 1 nitrogen and oxygen atoms in total. The SMILES string of the molecule is N[C@H](c1c(F)ccc(F)c1F)C1CCCC1. The average Bonchev–Trinajstić information content (AvgIpc) is 2.77. The van der Waals surface area contributed by atoms with E-state index in [1.165, 1.54) is 0 Å². The summed E-state index contributed by atoms with van der Waals surface area (Å²) < 4.78 is 39.9. The molecule has 16 heavy (non-hydrogen) atoms. The van der Waals surface area contributed by atoms with E-state index in [2.05, 4.69) is 0 Å². The first-order valence-electron chi connectivity index (χ1n) is 5.50. The molecule has 4 heteroatoms. The molecule has 1 aliphatic carbocycles. The lowest BCUT2D eigenvalue weighted by Gasteiger charge is -2.20. The number of halogens is 3. The summed E-state index contributed by atoms with van der Waals surface area (Å²) in [6, 6.07) is 0.983. The second-order valence-electron chi connectivity index (χ2n) is 4.33. The lowest BCUT2D eigenvalue weighted by molar-refractivity contribution is 0.396. The Hall–Kier alpha value is -1.03. The Morgan fingerprint density at radius 3 is 2.25 bits per heavy atom. The fourth-order valence-corrected chi connectivity index (χ4v) is 2.40. The van der Waals surface area contributed by atoms with Gasteiger partial charge in [-0.1, -0.05) is 12.8 Å². The third kappa shape index (κ3) is 1.94. The lowest BCUT2D eigenvalue weighted by atomic mass is 9.91. The molecule has 0 unspecified atom stereocenters. The van der Waals surface area contributed by atoms with Crippen LogP contribution in [0.15, 0.2) is 12.1 Å². The van der Waals surface area contributed by atoms with Crippen molar-refractivity contribution in [3.8, 4) is 0 Å². The number of rotatable bonds is 2. The fraction of sp³-hybridized carbons (Fsp3) is 0.500. The quantitative estimate of drug-likeness (QED) is 0.774. The van der Waals surface area contributed by atoms with Crippen LogP contribution < -0.4 is 5.73 Å². The second kappa shape index (κ2) is 4.45. The van der Waals surface area contributed by atoms with Crippen LogP contribution in [0, 0.1) is 23.4 Å². The second-order valence-corrected chi connectivity index (χ2v) is 4.33. The maximum Gasteiger partial charge on any atom is 0.166 e. The summed E-state index contributed by atoms with van der Waals surface area (Å²) in [6.45, 7) is 0. The van der Waals surface area contributed by atoms with Gasteiger partial charge in [0.05, 0.1) is 0 Å². The highest BCUT2D eigenvalue weighted by Gasteiger charge is 2.28. The van der Waals surface area contributed by atoms with E-state index in [-0.39, 0.29) is 11.5 Å². The molecular formula is C12H14F3N. The summed E-state index contributed by atoms with van der Waals surface area (Å²) in [5.74, 6) is -2.87. The van der Waals surface area contributed by atoms with E-state index >= 15 is 0 Å². The largest absolute Gasteiger partial charge is 0.324 e. The van der Waals surface area contributed by atoms with Crippen molar-refractivity contribution in [1.82, 2.24) is 0 Å². The fourth-order valence-electron chi connectivity index (χ4n) is 2.40. The minimum absolute atomic E-state index is 0.0609. The zero-order valence-corrected chi connectivity index (χ0v) is 8.85. The van der Waals surface area contributed by atoms with Crippen molar-refractivity contribution in [2.45, 2.75) is 31.7 Å². The molecule has 2 N–H and O–H groups in total. The van der Waals surface area contributed by atoms with Crippen molar-refractivity contribution >= 4 is 0 Å². The molecule has 1 aliphatic rings. The van der Waals surface area contributed by atoms with Gasteiger partial charge >= 0.3 is 0 Å². The van der Waals surface area contributed by atoms with Gasteiger partial charge in [-0.3, -0.25) is 0 Å². The summed E-state index contributed by atoms with van der Waals surface area (Å²) in [4.78, 5) is 0. The molecule has 1 aromatic carbocycles. The molecule has 2 rings (SSSR count). The van der Waals surface area contributed by atoms with Crippen molar-refractivity contribution < 1.29 is 13.2 Å². The van der Waals surface area contributed by atoms with Crippen molar-refractivity contribution in [3.63, 3.8) is 0 Å². The van der Waals surface area contributed by atoms with Crippen LogP contribution in [0.25, 0.3) is 0 Å². The minimum Gasteiger partial charge on any atom is -0.324 e. The molecule has 1 saturated carbocycles. The highest BCUT2D eigenvalue weighted by Crippen LogP contribution is 2.36. The first-order valence-corrected chi connectivity index (χ1v) is 5.50. The number of nitrogens with two attached hydrogens (primary N) is 1. The van der Waals surface area contributed by atoms with Gasteiger partial charge in [-0.2, -0.15) is 0 Å². The molecule has 1 atom stereocenters. The van der Waals surface area contributed by atoms with E-state index < -0.39 is 23.5 Å². The van der Waals surface area contributed by atoms with Crippen molar-refractivity contribution in [2.24, 2.45) is 11.7 Å². The normalized spacial score (nSPS) is 19.0. The molecule has 1 aromatic rings. The van der Waals surface area contributed by atoms with Gasteiger partial charge in [0, 0.05) is 11.6 Å². The molecule has 0 spiro atoms. The maximum atomic E-state index is 13.5. The molecule has 0 bridgehead atoms. The Kier molecular flexibility index (Phi) is 3.19. The van der Waals surface area contributed by atoms with Crippen molar-refractivity contribution in [2.75, 3.05) is 0 Å². The van der Waals surface area contributed by atoms with Crippen LogP contribution in [0.3, 0.4) is 0 Å². The topological polar surface area (TPSA) is 26.0 Å². The first-order chi connectivity index (χ1) is 7.61. The van der Waals surface area contributed by atoms with Gasteiger partial charge in [0.15, 0.2) is 11.6 Å². The van der Waals surface area contributed by atoms with Crippen LogP contribution >= 0.6 is 0 Å². The zero-order valence-electron chi connectivity index (χ0n) is 8.85. The molecule has 1 fully saturated rings. The molecule has 0 heterocycles. The van der Waals surface area contributed by atoms with E-state index in [1.54, 1.807) is 0 Å². The monoisotopic (exact) mass is 229 g/mol. The van der Waals surface area contributed by atoms with E-state index in [1.807, 2.05) is 0 Å². The van der Waals surface area contributed by atoms with Crippen molar-refractivity contribution in [1.29, 1.82) is 0 Å². The molecule has 0 radical (unpaired) electrons. The highest BCUT2D eigenvalue weighted by atomic mass is 19.2. The van der Waals surface area contributed by atoms with Gasteiger partial charge in [-0.25, -0.2) is 13.2 Å². The Balaban J connectivity index is 2.34.